The molecule has 1 aliphatic heterocycles. The van der Waals surface area contributed by atoms with Crippen LogP contribution in [-0.4, -0.2) is 50.6 Å². The van der Waals surface area contributed by atoms with Gasteiger partial charge in [0.2, 0.25) is 0 Å². The van der Waals surface area contributed by atoms with E-state index in [1.54, 1.807) is 0 Å². The second-order valence-electron chi connectivity index (χ2n) is 5.63. The summed E-state index contributed by atoms with van der Waals surface area (Å²) in [5.41, 5.74) is 2.33. The molecule has 3 rings (SSSR count). The minimum atomic E-state index is 0.566. The number of aromatic nitrogens is 2. The molecule has 1 saturated heterocycles. The number of hydrogen-bond donors (Lipinski definition) is 1. The number of anilines is 2. The summed E-state index contributed by atoms with van der Waals surface area (Å²) in [5, 5.41) is 8.63. The number of nitrogens with zero attached hydrogens (tertiary/aromatic N) is 3. The number of aromatic amines is 1. The van der Waals surface area contributed by atoms with E-state index in [1.165, 1.54) is 11.1 Å². The van der Waals surface area contributed by atoms with Gasteiger partial charge in [-0.05, 0) is 31.0 Å². The van der Waals surface area contributed by atoms with E-state index in [4.69, 9.17) is 4.74 Å². The average Bonchev–Trinajstić information content (AvgIpc) is 2.90. The fourth-order valence-electron chi connectivity index (χ4n) is 2.83. The molecule has 1 aromatic heterocycles. The zero-order chi connectivity index (χ0) is 14.1. The molecule has 1 aliphatic rings. The summed E-state index contributed by atoms with van der Waals surface area (Å²) in [4.78, 5) is 4.41. The molecule has 108 valence electrons. The number of benzene rings is 1. The van der Waals surface area contributed by atoms with Gasteiger partial charge in [0.05, 0.1) is 5.52 Å². The lowest BCUT2D eigenvalue weighted by molar-refractivity contribution is 0.0855. The van der Waals surface area contributed by atoms with Crippen molar-refractivity contribution >= 4 is 22.4 Å². The van der Waals surface area contributed by atoms with Gasteiger partial charge >= 0.3 is 0 Å². The molecule has 0 radical (unpaired) electrons. The van der Waals surface area contributed by atoms with E-state index in [2.05, 4.69) is 40.3 Å². The molecule has 1 aromatic carbocycles. The Hall–Kier alpha value is -1.75. The van der Waals surface area contributed by atoms with Crippen LogP contribution in [0.15, 0.2) is 18.2 Å². The molecule has 5 heteroatoms. The minimum Gasteiger partial charge on any atom is -0.381 e. The smallest absolute Gasteiger partial charge is 0.157 e. The molecular weight excluding hydrogens is 252 g/mol. The molecule has 0 unspecified atom stereocenters. The van der Waals surface area contributed by atoms with E-state index in [0.717, 1.165) is 37.4 Å². The van der Waals surface area contributed by atoms with Crippen LogP contribution in [0.3, 0.4) is 0 Å². The van der Waals surface area contributed by atoms with Gasteiger partial charge in [0, 0.05) is 51.5 Å². The molecule has 0 spiro atoms. The van der Waals surface area contributed by atoms with Crippen molar-refractivity contribution in [2.45, 2.75) is 18.9 Å². The van der Waals surface area contributed by atoms with Crippen LogP contribution in [0.1, 0.15) is 12.8 Å². The van der Waals surface area contributed by atoms with Crippen LogP contribution in [-0.2, 0) is 4.74 Å². The third-order valence-corrected chi connectivity index (χ3v) is 4.10. The molecule has 1 fully saturated rings. The summed E-state index contributed by atoms with van der Waals surface area (Å²) in [7, 11) is 6.21. The number of rotatable bonds is 3. The zero-order valence-corrected chi connectivity index (χ0v) is 12.4. The Balaban J connectivity index is 1.92. The number of fused-ring (bicyclic) bond motifs is 1. The Morgan fingerprint density at radius 3 is 2.65 bits per heavy atom. The molecule has 0 amide bonds. The lowest BCUT2D eigenvalue weighted by atomic mass is 10.1. The first-order chi connectivity index (χ1) is 9.66. The van der Waals surface area contributed by atoms with Crippen molar-refractivity contribution in [1.29, 1.82) is 0 Å². The molecule has 2 heterocycles. The van der Waals surface area contributed by atoms with Crippen LogP contribution < -0.4 is 9.80 Å². The highest BCUT2D eigenvalue weighted by Gasteiger charge is 2.19. The maximum atomic E-state index is 5.45. The molecule has 0 bridgehead atoms. The van der Waals surface area contributed by atoms with Gasteiger partial charge in [-0.15, -0.1) is 0 Å². The van der Waals surface area contributed by atoms with Gasteiger partial charge in [0.1, 0.15) is 0 Å². The van der Waals surface area contributed by atoms with Crippen LogP contribution in [0.5, 0.6) is 0 Å². The lowest BCUT2D eigenvalue weighted by Gasteiger charge is -2.33. The summed E-state index contributed by atoms with van der Waals surface area (Å²) >= 11 is 0. The van der Waals surface area contributed by atoms with Gasteiger partial charge in [-0.25, -0.2) is 0 Å². The molecule has 20 heavy (non-hydrogen) atoms. The van der Waals surface area contributed by atoms with Crippen LogP contribution in [0.2, 0.25) is 0 Å². The van der Waals surface area contributed by atoms with Crippen molar-refractivity contribution in [3.8, 4) is 0 Å². The quantitative estimate of drug-likeness (QED) is 0.932. The van der Waals surface area contributed by atoms with E-state index >= 15 is 0 Å². The van der Waals surface area contributed by atoms with Crippen molar-refractivity contribution in [2.24, 2.45) is 0 Å². The first kappa shape index (κ1) is 13.2. The highest BCUT2D eigenvalue weighted by molar-refractivity contribution is 5.92. The second-order valence-corrected chi connectivity index (χ2v) is 5.63. The highest BCUT2D eigenvalue weighted by atomic mass is 16.5. The van der Waals surface area contributed by atoms with Crippen molar-refractivity contribution in [1.82, 2.24) is 10.2 Å². The number of nitrogens with one attached hydrogen (secondary N) is 1. The number of H-pyrrole nitrogens is 1. The SMILES string of the molecule is CN(C)c1n[nH]c2ccc(N(C)C3CCOCC3)cc12. The van der Waals surface area contributed by atoms with Crippen LogP contribution in [0.25, 0.3) is 10.9 Å². The topological polar surface area (TPSA) is 44.4 Å². The number of hydrogen-bond acceptors (Lipinski definition) is 4. The van der Waals surface area contributed by atoms with E-state index in [0.29, 0.717) is 6.04 Å². The maximum absolute atomic E-state index is 5.45. The van der Waals surface area contributed by atoms with Crippen LogP contribution in [0.4, 0.5) is 11.5 Å². The first-order valence-corrected chi connectivity index (χ1v) is 7.13. The summed E-state index contributed by atoms with van der Waals surface area (Å²) in [6.45, 7) is 1.73. The molecule has 2 aromatic rings. The van der Waals surface area contributed by atoms with Gasteiger partial charge in [0.15, 0.2) is 5.82 Å². The van der Waals surface area contributed by atoms with Gasteiger partial charge in [-0.3, -0.25) is 5.10 Å². The van der Waals surface area contributed by atoms with Gasteiger partial charge in [-0.2, -0.15) is 5.10 Å². The Morgan fingerprint density at radius 1 is 1.20 bits per heavy atom. The van der Waals surface area contributed by atoms with Gasteiger partial charge in [-0.1, -0.05) is 0 Å². The summed E-state index contributed by atoms with van der Waals surface area (Å²) < 4.78 is 5.45. The number of ether oxygens (including phenoxy) is 1. The van der Waals surface area contributed by atoms with Crippen molar-refractivity contribution in [3.05, 3.63) is 18.2 Å². The fourth-order valence-corrected chi connectivity index (χ4v) is 2.83. The fraction of sp³-hybridized carbons (Fsp3) is 0.533. The van der Waals surface area contributed by atoms with E-state index in [-0.39, 0.29) is 0 Å². The average molecular weight is 274 g/mol. The minimum absolute atomic E-state index is 0.566. The van der Waals surface area contributed by atoms with Crippen LogP contribution >= 0.6 is 0 Å². The molecule has 0 aliphatic carbocycles. The predicted octanol–water partition coefficient (Wildman–Crippen LogP) is 2.24. The monoisotopic (exact) mass is 274 g/mol. The van der Waals surface area contributed by atoms with Gasteiger partial charge in [0.25, 0.3) is 0 Å². The Labute approximate surface area is 119 Å². The highest BCUT2D eigenvalue weighted by Crippen LogP contribution is 2.29. The predicted molar refractivity (Wildman–Crippen MR) is 82.7 cm³/mol. The van der Waals surface area contributed by atoms with Crippen molar-refractivity contribution in [3.63, 3.8) is 0 Å². The van der Waals surface area contributed by atoms with Crippen molar-refractivity contribution in [2.75, 3.05) is 44.2 Å². The molecule has 0 saturated carbocycles. The lowest BCUT2D eigenvalue weighted by Crippen LogP contribution is -2.36. The van der Waals surface area contributed by atoms with E-state index in [1.807, 2.05) is 19.0 Å². The van der Waals surface area contributed by atoms with E-state index in [9.17, 15) is 0 Å². The summed E-state index contributed by atoms with van der Waals surface area (Å²) in [5.74, 6) is 0.988. The first-order valence-electron chi connectivity index (χ1n) is 7.13. The molecule has 1 N–H and O–H groups in total. The molecule has 5 nitrogen and oxygen atoms in total. The standard InChI is InChI=1S/C15H22N4O/c1-18(2)15-13-10-12(4-5-14(13)16-17-15)19(3)11-6-8-20-9-7-11/h4-5,10-11H,6-9H2,1-3H3,(H,16,17). The van der Waals surface area contributed by atoms with Crippen molar-refractivity contribution < 1.29 is 4.74 Å². The Morgan fingerprint density at radius 2 is 1.95 bits per heavy atom. The van der Waals surface area contributed by atoms with Gasteiger partial charge < -0.3 is 14.5 Å². The molecule has 0 atom stereocenters. The Bertz CT molecular complexity index is 587. The summed E-state index contributed by atoms with van der Waals surface area (Å²) in [6, 6.07) is 7.07. The third kappa shape index (κ3) is 2.33. The second kappa shape index (κ2) is 5.32. The Kier molecular flexibility index (Phi) is 3.53. The zero-order valence-electron chi connectivity index (χ0n) is 12.4. The van der Waals surface area contributed by atoms with E-state index < -0.39 is 0 Å². The maximum Gasteiger partial charge on any atom is 0.157 e. The summed E-state index contributed by atoms with van der Waals surface area (Å²) in [6.07, 6.45) is 2.20. The normalized spacial score (nSPS) is 16.6. The molecular formula is C15H22N4O. The van der Waals surface area contributed by atoms with Crippen LogP contribution in [0, 0.1) is 0 Å². The third-order valence-electron chi connectivity index (χ3n) is 4.10. The largest absolute Gasteiger partial charge is 0.381 e.